The van der Waals surface area contributed by atoms with E-state index in [4.69, 9.17) is 0 Å². The van der Waals surface area contributed by atoms with E-state index in [1.165, 1.54) is 12.1 Å². The summed E-state index contributed by atoms with van der Waals surface area (Å²) >= 11 is 0. The van der Waals surface area contributed by atoms with Crippen molar-refractivity contribution < 1.29 is 8.78 Å². The van der Waals surface area contributed by atoms with E-state index in [1.807, 2.05) is 30.4 Å². The minimum Gasteiger partial charge on any atom is -0.229 e. The van der Waals surface area contributed by atoms with Gasteiger partial charge in [0.15, 0.2) is 5.67 Å². The number of alkyl halides is 1. The van der Waals surface area contributed by atoms with Crippen molar-refractivity contribution in [1.82, 2.24) is 0 Å². The lowest BCUT2D eigenvalue weighted by Crippen LogP contribution is -2.17. The molecule has 0 N–H and O–H groups in total. The Balaban J connectivity index is 1.85. The summed E-state index contributed by atoms with van der Waals surface area (Å²) in [5.41, 5.74) is 0.0108. The molecular formula is C18H14F2. The van der Waals surface area contributed by atoms with Gasteiger partial charge in [-0.3, -0.25) is 0 Å². The lowest BCUT2D eigenvalue weighted by Gasteiger charge is -2.23. The maximum Gasteiger partial charge on any atom is 0.172 e. The quantitative estimate of drug-likeness (QED) is 0.679. The Labute approximate surface area is 117 Å². The molecule has 0 saturated carbocycles. The lowest BCUT2D eigenvalue weighted by molar-refractivity contribution is 0.302. The van der Waals surface area contributed by atoms with Crippen LogP contribution in [0.3, 0.4) is 0 Å². The van der Waals surface area contributed by atoms with Crippen LogP contribution < -0.4 is 0 Å². The van der Waals surface area contributed by atoms with Crippen LogP contribution in [0.15, 0.2) is 78.9 Å². The van der Waals surface area contributed by atoms with Gasteiger partial charge in [-0.15, -0.1) is 0 Å². The Hall–Kier alpha value is -2.22. The SMILES string of the molecule is Fc1ccc(C2C=CC(F)(c3ccccc3)C=C2)cc1. The molecule has 2 aromatic rings. The lowest BCUT2D eigenvalue weighted by atomic mass is 9.85. The molecule has 0 bridgehead atoms. The zero-order valence-corrected chi connectivity index (χ0v) is 10.8. The van der Waals surface area contributed by atoms with Gasteiger partial charge in [0.1, 0.15) is 5.82 Å². The molecule has 2 aromatic carbocycles. The second kappa shape index (κ2) is 5.04. The van der Waals surface area contributed by atoms with E-state index < -0.39 is 5.67 Å². The molecule has 20 heavy (non-hydrogen) atoms. The summed E-state index contributed by atoms with van der Waals surface area (Å²) in [7, 11) is 0. The number of halogens is 2. The molecule has 0 radical (unpaired) electrons. The minimum atomic E-state index is -1.56. The average Bonchev–Trinajstić information content (AvgIpc) is 2.50. The van der Waals surface area contributed by atoms with Gasteiger partial charge in [-0.2, -0.15) is 0 Å². The smallest absolute Gasteiger partial charge is 0.172 e. The zero-order chi connectivity index (χ0) is 14.0. The molecule has 0 atom stereocenters. The first-order valence-electron chi connectivity index (χ1n) is 6.56. The maximum atomic E-state index is 14.8. The number of rotatable bonds is 2. The van der Waals surface area contributed by atoms with Gasteiger partial charge in [-0.1, -0.05) is 54.6 Å². The molecule has 100 valence electrons. The van der Waals surface area contributed by atoms with E-state index in [9.17, 15) is 8.78 Å². The van der Waals surface area contributed by atoms with Crippen LogP contribution in [0.25, 0.3) is 0 Å². The second-order valence-corrected chi connectivity index (χ2v) is 4.93. The van der Waals surface area contributed by atoms with E-state index in [2.05, 4.69) is 0 Å². The van der Waals surface area contributed by atoms with Crippen molar-refractivity contribution in [1.29, 1.82) is 0 Å². The highest BCUT2D eigenvalue weighted by atomic mass is 19.1. The van der Waals surface area contributed by atoms with E-state index in [0.717, 1.165) is 5.56 Å². The monoisotopic (exact) mass is 268 g/mol. The van der Waals surface area contributed by atoms with Crippen LogP contribution in [-0.2, 0) is 5.67 Å². The van der Waals surface area contributed by atoms with Crippen molar-refractivity contribution in [3.8, 4) is 0 Å². The molecular weight excluding hydrogens is 254 g/mol. The van der Waals surface area contributed by atoms with E-state index in [0.29, 0.717) is 5.56 Å². The van der Waals surface area contributed by atoms with Gasteiger partial charge >= 0.3 is 0 Å². The van der Waals surface area contributed by atoms with Crippen LogP contribution in [-0.4, -0.2) is 0 Å². The second-order valence-electron chi connectivity index (χ2n) is 4.93. The zero-order valence-electron chi connectivity index (χ0n) is 10.8. The fraction of sp³-hybridized carbons (Fsp3) is 0.111. The molecule has 0 amide bonds. The topological polar surface area (TPSA) is 0 Å². The summed E-state index contributed by atoms with van der Waals surface area (Å²) in [6.45, 7) is 0. The van der Waals surface area contributed by atoms with Crippen molar-refractivity contribution >= 4 is 0 Å². The maximum absolute atomic E-state index is 14.8. The predicted octanol–water partition coefficient (Wildman–Crippen LogP) is 4.90. The Morgan fingerprint density at radius 1 is 0.800 bits per heavy atom. The van der Waals surface area contributed by atoms with Crippen molar-refractivity contribution in [2.45, 2.75) is 11.6 Å². The molecule has 2 heteroatoms. The summed E-state index contributed by atoms with van der Waals surface area (Å²) in [5, 5.41) is 0. The molecule has 0 heterocycles. The largest absolute Gasteiger partial charge is 0.229 e. The van der Waals surface area contributed by atoms with E-state index >= 15 is 0 Å². The number of allylic oxidation sites excluding steroid dienone is 4. The molecule has 0 aromatic heterocycles. The molecule has 3 rings (SSSR count). The van der Waals surface area contributed by atoms with Crippen molar-refractivity contribution in [3.63, 3.8) is 0 Å². The van der Waals surface area contributed by atoms with Gasteiger partial charge in [0.05, 0.1) is 0 Å². The summed E-state index contributed by atoms with van der Waals surface area (Å²) in [4.78, 5) is 0. The number of hydrogen-bond acceptors (Lipinski definition) is 0. The number of benzene rings is 2. The molecule has 0 unspecified atom stereocenters. The molecule has 1 aliphatic rings. The van der Waals surface area contributed by atoms with Crippen LogP contribution in [0.4, 0.5) is 8.78 Å². The molecule has 0 fully saturated rings. The molecule has 0 saturated heterocycles. The molecule has 1 aliphatic carbocycles. The third-order valence-electron chi connectivity index (χ3n) is 3.56. The third-order valence-corrected chi connectivity index (χ3v) is 3.56. The van der Waals surface area contributed by atoms with Gasteiger partial charge in [0.25, 0.3) is 0 Å². The first-order chi connectivity index (χ1) is 9.67. The van der Waals surface area contributed by atoms with Crippen LogP contribution in [0.1, 0.15) is 17.0 Å². The fourth-order valence-electron chi connectivity index (χ4n) is 2.40. The first kappa shape index (κ1) is 12.8. The Morgan fingerprint density at radius 3 is 2.00 bits per heavy atom. The highest BCUT2D eigenvalue weighted by Gasteiger charge is 2.28. The van der Waals surface area contributed by atoms with E-state index in [-0.39, 0.29) is 11.7 Å². The third kappa shape index (κ3) is 2.42. The molecule has 0 aliphatic heterocycles. The van der Waals surface area contributed by atoms with Gasteiger partial charge in [0, 0.05) is 5.92 Å². The summed E-state index contributed by atoms with van der Waals surface area (Å²) in [6, 6.07) is 15.3. The van der Waals surface area contributed by atoms with Crippen LogP contribution in [0, 0.1) is 5.82 Å². The van der Waals surface area contributed by atoms with Crippen molar-refractivity contribution in [2.24, 2.45) is 0 Å². The molecule has 0 nitrogen and oxygen atoms in total. The van der Waals surface area contributed by atoms with E-state index in [1.54, 1.807) is 36.4 Å². The average molecular weight is 268 g/mol. The van der Waals surface area contributed by atoms with Crippen molar-refractivity contribution in [2.75, 3.05) is 0 Å². The Kier molecular flexibility index (Phi) is 3.23. The normalized spacial score (nSPS) is 24.8. The highest BCUT2D eigenvalue weighted by Crippen LogP contribution is 2.35. The standard InChI is InChI=1S/C18H14F2/c19-17-8-6-14(7-9-17)15-10-12-18(20,13-11-15)16-4-2-1-3-5-16/h1-13,15H. The Bertz CT molecular complexity index is 625. The summed E-state index contributed by atoms with van der Waals surface area (Å²) in [5.74, 6) is -0.273. The minimum absolute atomic E-state index is 0.0109. The predicted molar refractivity (Wildman–Crippen MR) is 76.6 cm³/mol. The van der Waals surface area contributed by atoms with Gasteiger partial charge in [0.2, 0.25) is 0 Å². The molecule has 0 spiro atoms. The highest BCUT2D eigenvalue weighted by molar-refractivity contribution is 5.40. The number of hydrogen-bond donors (Lipinski definition) is 0. The van der Waals surface area contributed by atoms with Gasteiger partial charge < -0.3 is 0 Å². The van der Waals surface area contributed by atoms with Gasteiger partial charge in [-0.25, -0.2) is 8.78 Å². The first-order valence-corrected chi connectivity index (χ1v) is 6.56. The van der Waals surface area contributed by atoms with Crippen LogP contribution in [0.5, 0.6) is 0 Å². The Morgan fingerprint density at radius 2 is 1.40 bits per heavy atom. The fourth-order valence-corrected chi connectivity index (χ4v) is 2.40. The van der Waals surface area contributed by atoms with Crippen LogP contribution in [0.2, 0.25) is 0 Å². The summed E-state index contributed by atoms with van der Waals surface area (Å²) in [6.07, 6.45) is 6.77. The van der Waals surface area contributed by atoms with Crippen LogP contribution >= 0.6 is 0 Å². The summed E-state index contributed by atoms with van der Waals surface area (Å²) < 4.78 is 27.7. The van der Waals surface area contributed by atoms with Crippen molar-refractivity contribution in [3.05, 3.63) is 95.8 Å². The van der Waals surface area contributed by atoms with Gasteiger partial charge in [-0.05, 0) is 35.4 Å².